The number of nitrogens with zero attached hydrogens (tertiary/aromatic N) is 2. The Labute approximate surface area is 145 Å². The SMILES string of the molecule is Cc1ccc(C2c3cccn3CCN2C(=O)Nc2cccs2)cc1. The number of hydrogen-bond donors (Lipinski definition) is 1. The molecule has 1 aliphatic heterocycles. The fraction of sp³-hybridized carbons (Fsp3) is 0.211. The second-order valence-corrected chi connectivity index (χ2v) is 6.99. The number of nitrogens with one attached hydrogen (secondary N) is 1. The number of fused-ring (bicyclic) bond motifs is 1. The number of aryl methyl sites for hydroxylation is 1. The van der Waals surface area contributed by atoms with Crippen molar-refractivity contribution in [3.8, 4) is 0 Å². The van der Waals surface area contributed by atoms with E-state index in [1.165, 1.54) is 16.9 Å². The van der Waals surface area contributed by atoms with Gasteiger partial charge in [-0.05, 0) is 42.1 Å². The van der Waals surface area contributed by atoms with Crippen molar-refractivity contribution < 1.29 is 4.79 Å². The first kappa shape index (κ1) is 15.0. The molecule has 1 unspecified atom stereocenters. The first-order valence-electron chi connectivity index (χ1n) is 8.05. The minimum atomic E-state index is -0.0608. The van der Waals surface area contributed by atoms with Crippen LogP contribution in [0.5, 0.6) is 0 Å². The zero-order valence-electron chi connectivity index (χ0n) is 13.5. The van der Waals surface area contributed by atoms with Crippen LogP contribution in [0.2, 0.25) is 0 Å². The van der Waals surface area contributed by atoms with E-state index in [0.29, 0.717) is 6.54 Å². The minimum absolute atomic E-state index is 0.0459. The van der Waals surface area contributed by atoms with Gasteiger partial charge in [0, 0.05) is 25.0 Å². The van der Waals surface area contributed by atoms with E-state index in [0.717, 1.165) is 22.8 Å². The molecule has 1 aliphatic rings. The fourth-order valence-electron chi connectivity index (χ4n) is 3.23. The number of hydrogen-bond acceptors (Lipinski definition) is 2. The molecular formula is C19H19N3OS. The van der Waals surface area contributed by atoms with Crippen LogP contribution in [-0.2, 0) is 6.54 Å². The van der Waals surface area contributed by atoms with E-state index >= 15 is 0 Å². The average Bonchev–Trinajstić information content (AvgIpc) is 3.25. The highest BCUT2D eigenvalue weighted by Crippen LogP contribution is 2.33. The third-order valence-electron chi connectivity index (χ3n) is 4.44. The van der Waals surface area contributed by atoms with Gasteiger partial charge in [-0.3, -0.25) is 5.32 Å². The van der Waals surface area contributed by atoms with Crippen molar-refractivity contribution in [2.75, 3.05) is 11.9 Å². The fourth-order valence-corrected chi connectivity index (χ4v) is 3.84. The van der Waals surface area contributed by atoms with E-state index in [9.17, 15) is 4.79 Å². The summed E-state index contributed by atoms with van der Waals surface area (Å²) in [5.41, 5.74) is 3.52. The zero-order chi connectivity index (χ0) is 16.5. The number of carbonyl (C=O) groups is 1. The normalized spacial score (nSPS) is 16.7. The molecule has 0 saturated carbocycles. The molecule has 0 spiro atoms. The monoisotopic (exact) mass is 337 g/mol. The first-order chi connectivity index (χ1) is 11.7. The molecule has 1 aromatic carbocycles. The molecule has 0 bridgehead atoms. The van der Waals surface area contributed by atoms with E-state index in [4.69, 9.17) is 0 Å². The maximum atomic E-state index is 12.9. The number of urea groups is 1. The van der Waals surface area contributed by atoms with Gasteiger partial charge in [-0.15, -0.1) is 11.3 Å². The third-order valence-corrected chi connectivity index (χ3v) is 5.23. The molecule has 3 heterocycles. The van der Waals surface area contributed by atoms with Crippen molar-refractivity contribution in [2.24, 2.45) is 0 Å². The second-order valence-electron chi connectivity index (χ2n) is 6.04. The predicted octanol–water partition coefficient (Wildman–Crippen LogP) is 4.50. The van der Waals surface area contributed by atoms with Gasteiger partial charge in [0.2, 0.25) is 0 Å². The Bertz CT molecular complexity index is 836. The van der Waals surface area contributed by atoms with Crippen LogP contribution in [0.25, 0.3) is 0 Å². The Morgan fingerprint density at radius 1 is 1.12 bits per heavy atom. The predicted molar refractivity (Wildman–Crippen MR) is 97.5 cm³/mol. The lowest BCUT2D eigenvalue weighted by molar-refractivity contribution is 0.182. The average molecular weight is 337 g/mol. The number of carbonyl (C=O) groups excluding carboxylic acids is 1. The van der Waals surface area contributed by atoms with Gasteiger partial charge in [-0.2, -0.15) is 0 Å². The summed E-state index contributed by atoms with van der Waals surface area (Å²) in [5, 5.41) is 5.87. The highest BCUT2D eigenvalue weighted by molar-refractivity contribution is 7.14. The second kappa shape index (κ2) is 6.17. The highest BCUT2D eigenvalue weighted by Gasteiger charge is 2.32. The van der Waals surface area contributed by atoms with E-state index in [2.05, 4.69) is 59.4 Å². The molecule has 5 heteroatoms. The molecule has 1 atom stereocenters. The van der Waals surface area contributed by atoms with Gasteiger partial charge in [0.05, 0.1) is 11.0 Å². The van der Waals surface area contributed by atoms with Crippen LogP contribution in [-0.4, -0.2) is 22.0 Å². The molecule has 24 heavy (non-hydrogen) atoms. The molecular weight excluding hydrogens is 318 g/mol. The summed E-state index contributed by atoms with van der Waals surface area (Å²) in [6.45, 7) is 3.59. The number of aromatic nitrogens is 1. The summed E-state index contributed by atoms with van der Waals surface area (Å²) in [5.74, 6) is 0. The van der Waals surface area contributed by atoms with Crippen LogP contribution in [0, 0.1) is 6.92 Å². The molecule has 4 nitrogen and oxygen atoms in total. The van der Waals surface area contributed by atoms with Gasteiger partial charge in [-0.1, -0.05) is 29.8 Å². The summed E-state index contributed by atoms with van der Waals surface area (Å²) in [7, 11) is 0. The molecule has 0 fully saturated rings. The van der Waals surface area contributed by atoms with Crippen LogP contribution in [0.15, 0.2) is 60.1 Å². The number of amides is 2. The molecule has 2 aromatic heterocycles. The summed E-state index contributed by atoms with van der Waals surface area (Å²) in [6.07, 6.45) is 2.09. The lowest BCUT2D eigenvalue weighted by atomic mass is 9.99. The Morgan fingerprint density at radius 3 is 2.71 bits per heavy atom. The number of anilines is 1. The molecule has 0 saturated heterocycles. The molecule has 0 aliphatic carbocycles. The van der Waals surface area contributed by atoms with E-state index in [1.807, 2.05) is 22.4 Å². The molecule has 1 N–H and O–H groups in total. The maximum absolute atomic E-state index is 12.9. The van der Waals surface area contributed by atoms with E-state index in [1.54, 1.807) is 0 Å². The molecule has 0 radical (unpaired) electrons. The Morgan fingerprint density at radius 2 is 1.96 bits per heavy atom. The van der Waals surface area contributed by atoms with E-state index in [-0.39, 0.29) is 12.1 Å². The Balaban J connectivity index is 1.69. The molecule has 3 aromatic rings. The highest BCUT2D eigenvalue weighted by atomic mass is 32.1. The summed E-state index contributed by atoms with van der Waals surface area (Å²) < 4.78 is 2.24. The van der Waals surface area contributed by atoms with Gasteiger partial charge in [0.1, 0.15) is 0 Å². The quantitative estimate of drug-likeness (QED) is 0.735. The Kier molecular flexibility index (Phi) is 3.86. The van der Waals surface area contributed by atoms with Gasteiger partial charge < -0.3 is 9.47 Å². The Hall–Kier alpha value is -2.53. The van der Waals surface area contributed by atoms with Crippen LogP contribution < -0.4 is 5.32 Å². The van der Waals surface area contributed by atoms with Gasteiger partial charge in [0.15, 0.2) is 0 Å². The van der Waals surface area contributed by atoms with Crippen LogP contribution >= 0.6 is 11.3 Å². The zero-order valence-corrected chi connectivity index (χ0v) is 14.3. The number of benzene rings is 1. The lowest BCUT2D eigenvalue weighted by Gasteiger charge is -2.37. The molecule has 2 amide bonds. The molecule has 122 valence electrons. The largest absolute Gasteiger partial charge is 0.348 e. The smallest absolute Gasteiger partial charge is 0.323 e. The molecule has 4 rings (SSSR count). The number of rotatable bonds is 2. The third kappa shape index (κ3) is 2.71. The van der Waals surface area contributed by atoms with Crippen LogP contribution in [0.4, 0.5) is 9.80 Å². The van der Waals surface area contributed by atoms with E-state index < -0.39 is 0 Å². The van der Waals surface area contributed by atoms with Gasteiger partial charge >= 0.3 is 6.03 Å². The van der Waals surface area contributed by atoms with Crippen molar-refractivity contribution in [2.45, 2.75) is 19.5 Å². The summed E-state index contributed by atoms with van der Waals surface area (Å²) in [6, 6.07) is 16.4. The van der Waals surface area contributed by atoms with Crippen LogP contribution in [0.3, 0.4) is 0 Å². The van der Waals surface area contributed by atoms with Crippen molar-refractivity contribution in [3.05, 3.63) is 76.9 Å². The van der Waals surface area contributed by atoms with Crippen LogP contribution in [0.1, 0.15) is 22.9 Å². The van der Waals surface area contributed by atoms with Gasteiger partial charge in [-0.25, -0.2) is 4.79 Å². The summed E-state index contributed by atoms with van der Waals surface area (Å²) >= 11 is 1.54. The van der Waals surface area contributed by atoms with Gasteiger partial charge in [0.25, 0.3) is 0 Å². The summed E-state index contributed by atoms with van der Waals surface area (Å²) in [4.78, 5) is 14.8. The van der Waals surface area contributed by atoms with Crippen molar-refractivity contribution in [1.29, 1.82) is 0 Å². The maximum Gasteiger partial charge on any atom is 0.323 e. The van der Waals surface area contributed by atoms with Crippen molar-refractivity contribution >= 4 is 22.4 Å². The standard InChI is InChI=1S/C19H19N3OS/c1-14-6-8-15(9-7-14)18-16-4-2-10-21(16)11-12-22(18)19(23)20-17-5-3-13-24-17/h2-10,13,18H,11-12H2,1H3,(H,20,23). The lowest BCUT2D eigenvalue weighted by Crippen LogP contribution is -2.44. The van der Waals surface area contributed by atoms with Crippen molar-refractivity contribution in [1.82, 2.24) is 9.47 Å². The van der Waals surface area contributed by atoms with Crippen molar-refractivity contribution in [3.63, 3.8) is 0 Å². The first-order valence-corrected chi connectivity index (χ1v) is 8.93. The number of thiophene rings is 1. The topological polar surface area (TPSA) is 37.3 Å². The minimum Gasteiger partial charge on any atom is -0.348 e.